The fraction of sp³-hybridized carbons (Fsp3) is 0.643. The van der Waals surface area contributed by atoms with Crippen molar-refractivity contribution in [1.29, 1.82) is 0 Å². The van der Waals surface area contributed by atoms with Crippen molar-refractivity contribution in [3.63, 3.8) is 0 Å². The van der Waals surface area contributed by atoms with Gasteiger partial charge in [-0.05, 0) is 19.0 Å². The zero-order valence-electron chi connectivity index (χ0n) is 12.3. The molecule has 0 bridgehead atoms. The van der Waals surface area contributed by atoms with Crippen molar-refractivity contribution >= 4 is 17.4 Å². The lowest BCUT2D eigenvalue weighted by Crippen LogP contribution is -2.54. The predicted octanol–water partition coefficient (Wildman–Crippen LogP) is 3.53. The topological polar surface area (TPSA) is 19.4 Å². The van der Waals surface area contributed by atoms with Crippen molar-refractivity contribution in [2.45, 2.75) is 26.1 Å². The lowest BCUT2D eigenvalue weighted by molar-refractivity contribution is -0.137. The third kappa shape index (κ3) is 3.61. The first-order chi connectivity index (χ1) is 9.70. The lowest BCUT2D eigenvalue weighted by atomic mass is 9.99. The van der Waals surface area contributed by atoms with Crippen LogP contribution >= 0.6 is 11.6 Å². The molecule has 0 spiro atoms. The molecule has 2 heterocycles. The Morgan fingerprint density at radius 3 is 2.52 bits per heavy atom. The number of pyridine rings is 1. The normalized spacial score (nSPS) is 21.1. The first-order valence-electron chi connectivity index (χ1n) is 6.88. The number of halogens is 4. The van der Waals surface area contributed by atoms with Crippen molar-refractivity contribution in [2.24, 2.45) is 5.92 Å². The maximum atomic E-state index is 12.7. The summed E-state index contributed by atoms with van der Waals surface area (Å²) in [4.78, 5) is 8.21. The average Bonchev–Trinajstić information content (AvgIpc) is 2.38. The molecule has 21 heavy (non-hydrogen) atoms. The van der Waals surface area contributed by atoms with E-state index in [1.807, 2.05) is 11.9 Å². The van der Waals surface area contributed by atoms with Crippen LogP contribution in [0.25, 0.3) is 0 Å². The second kappa shape index (κ2) is 6.01. The molecule has 0 aliphatic carbocycles. The Hall–Kier alpha value is -1.01. The third-order valence-corrected chi connectivity index (χ3v) is 4.09. The van der Waals surface area contributed by atoms with Gasteiger partial charge in [-0.2, -0.15) is 13.2 Å². The van der Waals surface area contributed by atoms with E-state index in [1.54, 1.807) is 0 Å². The highest BCUT2D eigenvalue weighted by atomic mass is 35.5. The summed E-state index contributed by atoms with van der Waals surface area (Å²) in [7, 11) is 2.04. The van der Waals surface area contributed by atoms with Crippen LogP contribution in [0.4, 0.5) is 19.0 Å². The molecular weight excluding hydrogens is 303 g/mol. The molecule has 0 aromatic carbocycles. The standard InChI is InChI=1S/C14H19ClF3N3/c1-9(2)12-8-20(3)4-5-21(12)13-11(15)6-10(7-19-13)14(16,17)18/h6-7,9,12H,4-5,8H2,1-3H3. The summed E-state index contributed by atoms with van der Waals surface area (Å²) < 4.78 is 38.0. The molecule has 1 aliphatic heterocycles. The maximum absolute atomic E-state index is 12.7. The first-order valence-corrected chi connectivity index (χ1v) is 7.26. The largest absolute Gasteiger partial charge is 0.417 e. The smallest absolute Gasteiger partial charge is 0.350 e. The predicted molar refractivity (Wildman–Crippen MR) is 77.7 cm³/mol. The van der Waals surface area contributed by atoms with E-state index in [9.17, 15) is 13.2 Å². The van der Waals surface area contributed by atoms with Gasteiger partial charge in [0.05, 0.1) is 10.6 Å². The van der Waals surface area contributed by atoms with E-state index in [0.717, 1.165) is 25.4 Å². The summed E-state index contributed by atoms with van der Waals surface area (Å²) in [5, 5.41) is 0.0556. The van der Waals surface area contributed by atoms with Gasteiger partial charge in [0, 0.05) is 31.9 Å². The number of likely N-dealkylation sites (N-methyl/N-ethyl adjacent to an activating group) is 1. The highest BCUT2D eigenvalue weighted by molar-refractivity contribution is 6.33. The summed E-state index contributed by atoms with van der Waals surface area (Å²) >= 11 is 6.06. The quantitative estimate of drug-likeness (QED) is 0.830. The van der Waals surface area contributed by atoms with Crippen LogP contribution in [0.2, 0.25) is 5.02 Å². The molecule has 0 saturated carbocycles. The minimum atomic E-state index is -4.42. The Morgan fingerprint density at radius 2 is 2.00 bits per heavy atom. The van der Waals surface area contributed by atoms with Crippen LogP contribution < -0.4 is 4.90 Å². The van der Waals surface area contributed by atoms with E-state index in [-0.39, 0.29) is 11.1 Å². The van der Waals surface area contributed by atoms with Crippen molar-refractivity contribution in [2.75, 3.05) is 31.6 Å². The molecule has 1 aromatic rings. The van der Waals surface area contributed by atoms with E-state index in [4.69, 9.17) is 11.6 Å². The van der Waals surface area contributed by atoms with Crippen molar-refractivity contribution in [3.05, 3.63) is 22.8 Å². The van der Waals surface area contributed by atoms with Gasteiger partial charge in [0.1, 0.15) is 5.82 Å². The highest BCUT2D eigenvalue weighted by Crippen LogP contribution is 2.35. The van der Waals surface area contributed by atoms with Crippen molar-refractivity contribution in [1.82, 2.24) is 9.88 Å². The number of hydrogen-bond donors (Lipinski definition) is 0. The van der Waals surface area contributed by atoms with Gasteiger partial charge >= 0.3 is 6.18 Å². The molecule has 0 radical (unpaired) electrons. The fourth-order valence-electron chi connectivity index (χ4n) is 2.58. The first kappa shape index (κ1) is 16.4. The molecule has 1 unspecified atom stereocenters. The molecule has 0 N–H and O–H groups in total. The van der Waals surface area contributed by atoms with Crippen LogP contribution in [0.1, 0.15) is 19.4 Å². The molecule has 2 rings (SSSR count). The van der Waals surface area contributed by atoms with Crippen LogP contribution in [0, 0.1) is 5.92 Å². The number of aromatic nitrogens is 1. The molecule has 1 atom stereocenters. The van der Waals surface area contributed by atoms with Crippen LogP contribution in [0.15, 0.2) is 12.3 Å². The molecule has 1 fully saturated rings. The Morgan fingerprint density at radius 1 is 1.33 bits per heavy atom. The van der Waals surface area contributed by atoms with Gasteiger partial charge in [-0.25, -0.2) is 4.98 Å². The summed E-state index contributed by atoms with van der Waals surface area (Å²) in [6.45, 7) is 6.57. The third-order valence-electron chi connectivity index (χ3n) is 3.81. The van der Waals surface area contributed by atoms with E-state index >= 15 is 0 Å². The minimum Gasteiger partial charge on any atom is -0.350 e. The van der Waals surface area contributed by atoms with Crippen molar-refractivity contribution < 1.29 is 13.2 Å². The van der Waals surface area contributed by atoms with Gasteiger partial charge in [-0.15, -0.1) is 0 Å². The zero-order valence-corrected chi connectivity index (χ0v) is 13.0. The molecule has 7 heteroatoms. The molecule has 1 aliphatic rings. The second-order valence-corrected chi connectivity index (χ2v) is 6.20. The summed E-state index contributed by atoms with van der Waals surface area (Å²) in [5.74, 6) is 0.796. The minimum absolute atomic E-state index is 0.0556. The summed E-state index contributed by atoms with van der Waals surface area (Å²) in [6, 6.07) is 1.14. The highest BCUT2D eigenvalue weighted by Gasteiger charge is 2.34. The van der Waals surface area contributed by atoms with E-state index in [2.05, 4.69) is 23.7 Å². The van der Waals surface area contributed by atoms with Gasteiger partial charge in [-0.3, -0.25) is 0 Å². The zero-order chi connectivity index (χ0) is 15.8. The van der Waals surface area contributed by atoms with Crippen LogP contribution in [-0.4, -0.2) is 42.6 Å². The molecule has 1 aromatic heterocycles. The Balaban J connectivity index is 2.32. The summed E-state index contributed by atoms with van der Waals surface area (Å²) in [6.07, 6.45) is -3.56. The summed E-state index contributed by atoms with van der Waals surface area (Å²) in [5.41, 5.74) is -0.813. The average molecular weight is 322 g/mol. The van der Waals surface area contributed by atoms with Gasteiger partial charge < -0.3 is 9.80 Å². The van der Waals surface area contributed by atoms with Gasteiger partial charge in [0.15, 0.2) is 0 Å². The molecule has 0 amide bonds. The number of alkyl halides is 3. The molecule has 3 nitrogen and oxygen atoms in total. The lowest BCUT2D eigenvalue weighted by Gasteiger charge is -2.43. The van der Waals surface area contributed by atoms with Crippen LogP contribution in [0.3, 0.4) is 0 Å². The number of piperazine rings is 1. The van der Waals surface area contributed by atoms with Gasteiger partial charge in [0.25, 0.3) is 0 Å². The SMILES string of the molecule is CC(C)C1CN(C)CCN1c1ncc(C(F)(F)F)cc1Cl. The molecule has 1 saturated heterocycles. The fourth-order valence-corrected chi connectivity index (χ4v) is 2.86. The Bertz CT molecular complexity index is 505. The Kier molecular flexibility index (Phi) is 4.68. The number of anilines is 1. The second-order valence-electron chi connectivity index (χ2n) is 5.79. The van der Waals surface area contributed by atoms with E-state index in [0.29, 0.717) is 18.3 Å². The van der Waals surface area contributed by atoms with Crippen LogP contribution in [0.5, 0.6) is 0 Å². The molecular formula is C14H19ClF3N3. The van der Waals surface area contributed by atoms with Gasteiger partial charge in [-0.1, -0.05) is 25.4 Å². The maximum Gasteiger partial charge on any atom is 0.417 e. The Labute approximate surface area is 127 Å². The van der Waals surface area contributed by atoms with Crippen LogP contribution in [-0.2, 0) is 6.18 Å². The number of rotatable bonds is 2. The van der Waals surface area contributed by atoms with Crippen molar-refractivity contribution in [3.8, 4) is 0 Å². The van der Waals surface area contributed by atoms with E-state index < -0.39 is 11.7 Å². The van der Waals surface area contributed by atoms with Gasteiger partial charge in [0.2, 0.25) is 0 Å². The number of hydrogen-bond acceptors (Lipinski definition) is 3. The van der Waals surface area contributed by atoms with E-state index in [1.165, 1.54) is 0 Å². The number of nitrogens with zero attached hydrogens (tertiary/aromatic N) is 3. The monoisotopic (exact) mass is 321 g/mol. The molecule has 118 valence electrons.